The number of hydrogen-bond acceptors (Lipinski definition) is 3. The fourth-order valence-electron chi connectivity index (χ4n) is 1.52. The molecule has 0 aliphatic carbocycles. The van der Waals surface area contributed by atoms with Gasteiger partial charge >= 0.3 is 0 Å². The van der Waals surface area contributed by atoms with Gasteiger partial charge < -0.3 is 4.74 Å². The first-order chi connectivity index (χ1) is 8.61. The molecule has 18 heavy (non-hydrogen) atoms. The normalized spacial score (nSPS) is 10.4. The van der Waals surface area contributed by atoms with Crippen LogP contribution in [0.3, 0.4) is 0 Å². The summed E-state index contributed by atoms with van der Waals surface area (Å²) in [6, 6.07) is 9.02. The Labute approximate surface area is 126 Å². The highest BCUT2D eigenvalue weighted by molar-refractivity contribution is 9.12. The second-order valence-corrected chi connectivity index (χ2v) is 7.27. The molecule has 0 unspecified atom stereocenters. The minimum atomic E-state index is 0.00636. The van der Waals surface area contributed by atoms with E-state index in [1.165, 1.54) is 11.3 Å². The summed E-state index contributed by atoms with van der Waals surface area (Å²) in [4.78, 5) is 12.3. The Balaban J connectivity index is 2.26. The summed E-state index contributed by atoms with van der Waals surface area (Å²) < 4.78 is 7.12. The molecule has 0 saturated heterocycles. The van der Waals surface area contributed by atoms with E-state index in [-0.39, 0.29) is 5.78 Å². The van der Waals surface area contributed by atoms with Gasteiger partial charge in [0.1, 0.15) is 5.75 Å². The van der Waals surface area contributed by atoms with E-state index in [1.807, 2.05) is 25.1 Å². The summed E-state index contributed by atoms with van der Waals surface area (Å²) in [5, 5.41) is 0. The Morgan fingerprint density at radius 1 is 1.28 bits per heavy atom. The molecule has 0 atom stereocenters. The van der Waals surface area contributed by atoms with Crippen molar-refractivity contribution in [1.29, 1.82) is 0 Å². The smallest absolute Gasteiger partial charge is 0.195 e. The maximum absolute atomic E-state index is 12.3. The van der Waals surface area contributed by atoms with Crippen LogP contribution in [0, 0.1) is 0 Å². The number of thiophene rings is 1. The van der Waals surface area contributed by atoms with E-state index in [1.54, 1.807) is 12.1 Å². The van der Waals surface area contributed by atoms with Gasteiger partial charge in [0.2, 0.25) is 0 Å². The molecule has 1 aromatic carbocycles. The minimum Gasteiger partial charge on any atom is -0.494 e. The lowest BCUT2D eigenvalue weighted by atomic mass is 10.1. The molecule has 94 valence electrons. The van der Waals surface area contributed by atoms with Crippen molar-refractivity contribution in [3.63, 3.8) is 0 Å². The summed E-state index contributed by atoms with van der Waals surface area (Å²) in [5.74, 6) is 0.784. The van der Waals surface area contributed by atoms with Crippen molar-refractivity contribution in [2.75, 3.05) is 6.61 Å². The van der Waals surface area contributed by atoms with Gasteiger partial charge in [0.25, 0.3) is 0 Å². The molecule has 0 bridgehead atoms. The van der Waals surface area contributed by atoms with Crippen molar-refractivity contribution in [3.8, 4) is 5.75 Å². The number of benzene rings is 1. The molecule has 2 nitrogen and oxygen atoms in total. The first kappa shape index (κ1) is 13.8. The van der Waals surface area contributed by atoms with Crippen molar-refractivity contribution in [3.05, 3.63) is 49.0 Å². The van der Waals surface area contributed by atoms with Gasteiger partial charge in [-0.25, -0.2) is 0 Å². The van der Waals surface area contributed by atoms with Crippen molar-refractivity contribution in [2.45, 2.75) is 6.92 Å². The molecule has 0 spiro atoms. The van der Waals surface area contributed by atoms with Gasteiger partial charge in [-0.15, -0.1) is 11.3 Å². The highest BCUT2D eigenvalue weighted by Crippen LogP contribution is 2.33. The zero-order valence-electron chi connectivity index (χ0n) is 9.57. The van der Waals surface area contributed by atoms with Crippen molar-refractivity contribution in [2.24, 2.45) is 0 Å². The number of halogens is 2. The Hall–Kier alpha value is -0.650. The van der Waals surface area contributed by atoms with E-state index in [2.05, 4.69) is 31.9 Å². The van der Waals surface area contributed by atoms with Gasteiger partial charge in [0, 0.05) is 11.1 Å². The summed E-state index contributed by atoms with van der Waals surface area (Å²) in [7, 11) is 0. The molecule has 1 aromatic heterocycles. The summed E-state index contributed by atoms with van der Waals surface area (Å²) >= 11 is 8.26. The third-order valence-electron chi connectivity index (χ3n) is 2.33. The van der Waals surface area contributed by atoms with E-state index in [0.717, 1.165) is 13.3 Å². The molecule has 0 radical (unpaired) electrons. The number of ketones is 1. The lowest BCUT2D eigenvalue weighted by Gasteiger charge is -2.04. The summed E-state index contributed by atoms with van der Waals surface area (Å²) in [6.07, 6.45) is 0. The van der Waals surface area contributed by atoms with E-state index in [4.69, 9.17) is 4.74 Å². The quantitative estimate of drug-likeness (QED) is 0.695. The average Bonchev–Trinajstić information content (AvgIpc) is 2.69. The van der Waals surface area contributed by atoms with Gasteiger partial charge in [-0.2, -0.15) is 0 Å². The minimum absolute atomic E-state index is 0.00636. The molecule has 2 rings (SSSR count). The lowest BCUT2D eigenvalue weighted by Crippen LogP contribution is -2.00. The SMILES string of the molecule is CCOc1ccc(C(=O)c2cc(Br)sc2Br)cc1. The monoisotopic (exact) mass is 388 g/mol. The Kier molecular flexibility index (Phi) is 4.59. The predicted octanol–water partition coefficient (Wildman–Crippen LogP) is 4.90. The molecule has 0 saturated carbocycles. The fraction of sp³-hybridized carbons (Fsp3) is 0.154. The van der Waals surface area contributed by atoms with Crippen LogP contribution < -0.4 is 4.74 Å². The zero-order chi connectivity index (χ0) is 13.1. The molecule has 1 heterocycles. The molecule has 5 heteroatoms. The molecule has 0 N–H and O–H groups in total. The maximum atomic E-state index is 12.3. The van der Waals surface area contributed by atoms with Crippen molar-refractivity contribution >= 4 is 49.0 Å². The molecule has 0 aliphatic heterocycles. The first-order valence-electron chi connectivity index (χ1n) is 5.34. The van der Waals surface area contributed by atoms with Gasteiger partial charge in [0.15, 0.2) is 5.78 Å². The van der Waals surface area contributed by atoms with E-state index in [0.29, 0.717) is 17.7 Å². The lowest BCUT2D eigenvalue weighted by molar-refractivity contribution is 0.103. The second kappa shape index (κ2) is 5.99. The van der Waals surface area contributed by atoms with Crippen LogP contribution in [0.2, 0.25) is 0 Å². The van der Waals surface area contributed by atoms with Crippen molar-refractivity contribution < 1.29 is 9.53 Å². The van der Waals surface area contributed by atoms with Crippen LogP contribution in [0.15, 0.2) is 37.9 Å². The van der Waals surface area contributed by atoms with Gasteiger partial charge in [0.05, 0.1) is 14.2 Å². The van der Waals surface area contributed by atoms with Crippen LogP contribution in [-0.4, -0.2) is 12.4 Å². The molecular weight excluding hydrogens is 380 g/mol. The van der Waals surface area contributed by atoms with Crippen LogP contribution in [0.5, 0.6) is 5.75 Å². The second-order valence-electron chi connectivity index (χ2n) is 3.52. The third-order valence-corrected chi connectivity index (χ3v) is 4.67. The summed E-state index contributed by atoms with van der Waals surface area (Å²) in [5.41, 5.74) is 1.33. The molecule has 0 fully saturated rings. The molecule has 2 aromatic rings. The average molecular weight is 390 g/mol. The van der Waals surface area contributed by atoms with Gasteiger partial charge in [-0.3, -0.25) is 4.79 Å². The molecule has 0 aliphatic rings. The van der Waals surface area contributed by atoms with E-state index >= 15 is 0 Å². The predicted molar refractivity (Wildman–Crippen MR) is 80.8 cm³/mol. The van der Waals surface area contributed by atoms with Crippen molar-refractivity contribution in [1.82, 2.24) is 0 Å². The third kappa shape index (κ3) is 3.02. The Morgan fingerprint density at radius 3 is 2.44 bits per heavy atom. The number of hydrogen-bond donors (Lipinski definition) is 0. The van der Waals surface area contributed by atoms with Crippen LogP contribution >= 0.6 is 43.2 Å². The fourth-order valence-corrected chi connectivity index (χ4v) is 4.31. The van der Waals surface area contributed by atoms with E-state index in [9.17, 15) is 4.79 Å². The number of ether oxygens (including phenoxy) is 1. The number of carbonyl (C=O) groups is 1. The largest absolute Gasteiger partial charge is 0.494 e. The summed E-state index contributed by atoms with van der Waals surface area (Å²) in [6.45, 7) is 2.55. The van der Waals surface area contributed by atoms with Crippen LogP contribution in [-0.2, 0) is 0 Å². The Morgan fingerprint density at radius 2 is 1.94 bits per heavy atom. The first-order valence-corrected chi connectivity index (χ1v) is 7.74. The number of rotatable bonds is 4. The zero-order valence-corrected chi connectivity index (χ0v) is 13.6. The highest BCUT2D eigenvalue weighted by atomic mass is 79.9. The van der Waals surface area contributed by atoms with Crippen LogP contribution in [0.1, 0.15) is 22.8 Å². The van der Waals surface area contributed by atoms with E-state index < -0.39 is 0 Å². The highest BCUT2D eigenvalue weighted by Gasteiger charge is 2.15. The molecular formula is C13H10Br2O2S. The van der Waals surface area contributed by atoms with Crippen LogP contribution in [0.4, 0.5) is 0 Å². The molecule has 0 amide bonds. The number of carbonyl (C=O) groups excluding carboxylic acids is 1. The maximum Gasteiger partial charge on any atom is 0.195 e. The van der Waals surface area contributed by atoms with Gasteiger partial charge in [-0.05, 0) is 69.1 Å². The van der Waals surface area contributed by atoms with Crippen LogP contribution in [0.25, 0.3) is 0 Å². The van der Waals surface area contributed by atoms with Gasteiger partial charge in [-0.1, -0.05) is 0 Å². The Bertz CT molecular complexity index is 561. The standard InChI is InChI=1S/C13H10Br2O2S/c1-2-17-9-5-3-8(4-6-9)12(16)10-7-11(14)18-13(10)15/h3-7H,2H2,1H3. The topological polar surface area (TPSA) is 26.3 Å².